The predicted octanol–water partition coefficient (Wildman–Crippen LogP) is 4.26. The van der Waals surface area contributed by atoms with Crippen molar-refractivity contribution in [1.29, 1.82) is 5.26 Å². The van der Waals surface area contributed by atoms with Crippen LogP contribution >= 0.6 is 0 Å². The number of aryl methyl sites for hydroxylation is 1. The zero-order chi connectivity index (χ0) is 20.1. The lowest BCUT2D eigenvalue weighted by molar-refractivity contribution is 0.0984. The molecule has 3 rings (SSSR count). The molecule has 0 atom stereocenters. The van der Waals surface area contributed by atoms with E-state index in [9.17, 15) is 14.4 Å². The largest absolute Gasteiger partial charge is 0.496 e. The zero-order valence-electron chi connectivity index (χ0n) is 15.5. The minimum atomic E-state index is -0.537. The number of para-hydroxylation sites is 1. The van der Waals surface area contributed by atoms with Crippen molar-refractivity contribution in [2.24, 2.45) is 0 Å². The number of nitrogens with zero attached hydrogens (tertiary/aromatic N) is 3. The number of nitriles is 1. The molecule has 0 fully saturated rings. The number of amides is 1. The summed E-state index contributed by atoms with van der Waals surface area (Å²) < 4.78 is 19.0. The molecule has 0 saturated heterocycles. The van der Waals surface area contributed by atoms with E-state index < -0.39 is 5.82 Å². The summed E-state index contributed by atoms with van der Waals surface area (Å²) >= 11 is 0. The normalized spacial score (nSPS) is 10.2. The molecule has 5 nitrogen and oxygen atoms in total. The van der Waals surface area contributed by atoms with Gasteiger partial charge in [0.05, 0.1) is 24.9 Å². The number of methoxy groups -OCH3 is 1. The van der Waals surface area contributed by atoms with E-state index in [2.05, 4.69) is 4.98 Å². The zero-order valence-corrected chi connectivity index (χ0v) is 15.5. The number of carbonyl (C=O) groups is 1. The molecule has 0 saturated carbocycles. The van der Waals surface area contributed by atoms with Gasteiger partial charge in [0.25, 0.3) is 5.91 Å². The summed E-state index contributed by atoms with van der Waals surface area (Å²) in [5.74, 6) is -0.230. The number of hydrogen-bond donors (Lipinski definition) is 0. The van der Waals surface area contributed by atoms with Crippen LogP contribution < -0.4 is 9.64 Å². The molecule has 1 aromatic heterocycles. The molecule has 140 valence electrons. The van der Waals surface area contributed by atoms with E-state index in [1.54, 1.807) is 32.4 Å². The van der Waals surface area contributed by atoms with E-state index in [0.29, 0.717) is 22.6 Å². The van der Waals surface area contributed by atoms with Crippen LogP contribution in [-0.4, -0.2) is 18.0 Å². The number of anilines is 1. The van der Waals surface area contributed by atoms with E-state index in [4.69, 9.17) is 4.74 Å². The molecular weight excluding hydrogens is 357 g/mol. The molecule has 0 bridgehead atoms. The Balaban J connectivity index is 2.13. The summed E-state index contributed by atoms with van der Waals surface area (Å²) in [6.45, 7) is 1.95. The SMILES string of the molecule is COc1ccccc1CN(C(=O)c1ccncc1C)c1ccc(F)cc1C#N. The smallest absolute Gasteiger partial charge is 0.259 e. The molecule has 0 aliphatic carbocycles. The van der Waals surface area contributed by atoms with Crippen LogP contribution in [-0.2, 0) is 6.54 Å². The lowest BCUT2D eigenvalue weighted by atomic mass is 10.1. The van der Waals surface area contributed by atoms with Crippen molar-refractivity contribution in [2.75, 3.05) is 12.0 Å². The first-order chi connectivity index (χ1) is 13.5. The minimum absolute atomic E-state index is 0.0787. The molecule has 2 aromatic carbocycles. The number of ether oxygens (including phenoxy) is 1. The highest BCUT2D eigenvalue weighted by molar-refractivity contribution is 6.07. The first-order valence-corrected chi connectivity index (χ1v) is 8.59. The van der Waals surface area contributed by atoms with Gasteiger partial charge in [0.15, 0.2) is 0 Å². The third kappa shape index (κ3) is 3.84. The number of carbonyl (C=O) groups excluding carboxylic acids is 1. The van der Waals surface area contributed by atoms with Crippen molar-refractivity contribution in [3.8, 4) is 11.8 Å². The highest BCUT2D eigenvalue weighted by Crippen LogP contribution is 2.28. The van der Waals surface area contributed by atoms with Crippen molar-refractivity contribution in [3.63, 3.8) is 0 Å². The summed E-state index contributed by atoms with van der Waals surface area (Å²) in [7, 11) is 1.55. The fourth-order valence-electron chi connectivity index (χ4n) is 2.96. The maximum atomic E-state index is 13.6. The Hall–Kier alpha value is -3.72. The predicted molar refractivity (Wildman–Crippen MR) is 104 cm³/mol. The highest BCUT2D eigenvalue weighted by atomic mass is 19.1. The number of benzene rings is 2. The van der Waals surface area contributed by atoms with Gasteiger partial charge in [0.1, 0.15) is 17.6 Å². The first kappa shape index (κ1) is 19.1. The van der Waals surface area contributed by atoms with Gasteiger partial charge in [-0.05, 0) is 42.8 Å². The molecule has 1 heterocycles. The van der Waals surface area contributed by atoms with Crippen molar-refractivity contribution in [3.05, 3.63) is 89.0 Å². The van der Waals surface area contributed by atoms with Crippen LogP contribution in [0.25, 0.3) is 0 Å². The molecule has 0 aliphatic heterocycles. The average Bonchev–Trinajstić information content (AvgIpc) is 2.72. The highest BCUT2D eigenvalue weighted by Gasteiger charge is 2.23. The molecule has 0 unspecified atom stereocenters. The van der Waals surface area contributed by atoms with Crippen molar-refractivity contribution in [1.82, 2.24) is 4.98 Å². The van der Waals surface area contributed by atoms with Gasteiger partial charge in [-0.25, -0.2) is 4.39 Å². The van der Waals surface area contributed by atoms with E-state index >= 15 is 0 Å². The van der Waals surface area contributed by atoms with E-state index in [0.717, 1.165) is 11.6 Å². The second-order valence-corrected chi connectivity index (χ2v) is 6.17. The number of rotatable bonds is 5. The standard InChI is InChI=1S/C22H18FN3O2/c1-15-13-25-10-9-19(15)22(27)26(14-16-5-3-4-6-21(16)28-2)20-8-7-18(23)11-17(20)12-24/h3-11,13H,14H2,1-2H3. The number of halogens is 1. The van der Waals surface area contributed by atoms with Crippen LogP contribution in [0.1, 0.15) is 27.0 Å². The molecule has 3 aromatic rings. The summed E-state index contributed by atoms with van der Waals surface area (Å²) in [6, 6.07) is 14.7. The van der Waals surface area contributed by atoms with Crippen LogP contribution in [0, 0.1) is 24.1 Å². The van der Waals surface area contributed by atoms with E-state index in [1.165, 1.54) is 23.2 Å². The van der Waals surface area contributed by atoms with Crippen LogP contribution in [0.15, 0.2) is 60.9 Å². The van der Waals surface area contributed by atoms with Crippen molar-refractivity contribution in [2.45, 2.75) is 13.5 Å². The summed E-state index contributed by atoms with van der Waals surface area (Å²) in [6.07, 6.45) is 3.14. The van der Waals surface area contributed by atoms with Crippen LogP contribution in [0.4, 0.5) is 10.1 Å². The topological polar surface area (TPSA) is 66.2 Å². The Morgan fingerprint density at radius 1 is 1.25 bits per heavy atom. The molecule has 0 N–H and O–H groups in total. The Morgan fingerprint density at radius 3 is 2.75 bits per heavy atom. The lowest BCUT2D eigenvalue weighted by Gasteiger charge is -2.25. The Labute approximate surface area is 162 Å². The molecule has 0 spiro atoms. The minimum Gasteiger partial charge on any atom is -0.496 e. The van der Waals surface area contributed by atoms with Gasteiger partial charge >= 0.3 is 0 Å². The van der Waals surface area contributed by atoms with Gasteiger partial charge in [-0.15, -0.1) is 0 Å². The quantitative estimate of drug-likeness (QED) is 0.668. The molecule has 0 aliphatic rings. The third-order valence-corrected chi connectivity index (χ3v) is 4.39. The summed E-state index contributed by atoms with van der Waals surface area (Å²) in [4.78, 5) is 18.9. The van der Waals surface area contributed by atoms with Crippen molar-refractivity contribution >= 4 is 11.6 Å². The van der Waals surface area contributed by atoms with Crippen LogP contribution in [0.5, 0.6) is 5.75 Å². The molecule has 6 heteroatoms. The van der Waals surface area contributed by atoms with Gasteiger partial charge in [0, 0.05) is 23.5 Å². The summed E-state index contributed by atoms with van der Waals surface area (Å²) in [5.41, 5.74) is 2.33. The average molecular weight is 375 g/mol. The Morgan fingerprint density at radius 2 is 2.04 bits per heavy atom. The van der Waals surface area contributed by atoms with Gasteiger partial charge in [-0.2, -0.15) is 5.26 Å². The fourth-order valence-corrected chi connectivity index (χ4v) is 2.96. The maximum Gasteiger partial charge on any atom is 0.259 e. The molecule has 1 amide bonds. The molecule has 28 heavy (non-hydrogen) atoms. The fraction of sp³-hybridized carbons (Fsp3) is 0.136. The summed E-state index contributed by atoms with van der Waals surface area (Å²) in [5, 5.41) is 9.48. The van der Waals surface area contributed by atoms with Crippen molar-refractivity contribution < 1.29 is 13.9 Å². The third-order valence-electron chi connectivity index (χ3n) is 4.39. The van der Waals surface area contributed by atoms with E-state index in [-0.39, 0.29) is 18.0 Å². The number of pyridine rings is 1. The lowest BCUT2D eigenvalue weighted by Crippen LogP contribution is -2.32. The second kappa shape index (κ2) is 8.31. The van der Waals surface area contributed by atoms with Crippen LogP contribution in [0.2, 0.25) is 0 Å². The maximum absolute atomic E-state index is 13.6. The number of hydrogen-bond acceptors (Lipinski definition) is 4. The van der Waals surface area contributed by atoms with Gasteiger partial charge in [-0.1, -0.05) is 18.2 Å². The Bertz CT molecular complexity index is 1060. The molecular formula is C22H18FN3O2. The van der Waals surface area contributed by atoms with Crippen LogP contribution in [0.3, 0.4) is 0 Å². The monoisotopic (exact) mass is 375 g/mol. The van der Waals surface area contributed by atoms with Gasteiger partial charge < -0.3 is 9.64 Å². The van der Waals surface area contributed by atoms with Gasteiger partial charge in [0.2, 0.25) is 0 Å². The van der Waals surface area contributed by atoms with Gasteiger partial charge in [-0.3, -0.25) is 9.78 Å². The number of aromatic nitrogens is 1. The van der Waals surface area contributed by atoms with E-state index in [1.807, 2.05) is 24.3 Å². The molecule has 0 radical (unpaired) electrons. The second-order valence-electron chi connectivity index (χ2n) is 6.17. The first-order valence-electron chi connectivity index (χ1n) is 8.59. The Kier molecular flexibility index (Phi) is 5.66.